The predicted octanol–water partition coefficient (Wildman–Crippen LogP) is -0.203. The highest BCUT2D eigenvalue weighted by Crippen LogP contribution is 2.24. The van der Waals surface area contributed by atoms with Gasteiger partial charge in [-0.05, 0) is 18.6 Å². The van der Waals surface area contributed by atoms with Crippen molar-refractivity contribution < 1.29 is 18.1 Å². The first-order valence-corrected chi connectivity index (χ1v) is 7.91. The number of benzene rings is 1. The van der Waals surface area contributed by atoms with Gasteiger partial charge in [-0.25, -0.2) is 8.42 Å². The van der Waals surface area contributed by atoms with Crippen molar-refractivity contribution in [3.63, 3.8) is 0 Å². The van der Waals surface area contributed by atoms with Crippen LogP contribution >= 0.6 is 0 Å². The van der Waals surface area contributed by atoms with Gasteiger partial charge < -0.3 is 10.7 Å². The van der Waals surface area contributed by atoms with Crippen molar-refractivity contribution >= 4 is 27.1 Å². The van der Waals surface area contributed by atoms with Gasteiger partial charge in [-0.15, -0.1) is 0 Å². The first-order valence-electron chi connectivity index (χ1n) is 6.09. The third kappa shape index (κ3) is 3.47. The number of carbonyl (C=O) groups is 1. The SMILES string of the molecule is NNc1ccc(C(=O)NC2CCS(=O)(=O)C2)cc1[N+](=O)[O-]. The summed E-state index contributed by atoms with van der Waals surface area (Å²) in [4.78, 5) is 22.2. The summed E-state index contributed by atoms with van der Waals surface area (Å²) in [5.74, 6) is 4.53. The van der Waals surface area contributed by atoms with Crippen molar-refractivity contribution in [3.05, 3.63) is 33.9 Å². The molecule has 2 rings (SSSR count). The van der Waals surface area contributed by atoms with Crippen LogP contribution in [0.2, 0.25) is 0 Å². The molecule has 0 aliphatic carbocycles. The van der Waals surface area contributed by atoms with Gasteiger partial charge in [0.2, 0.25) is 0 Å². The zero-order valence-electron chi connectivity index (χ0n) is 10.9. The molecule has 0 aromatic heterocycles. The highest BCUT2D eigenvalue weighted by atomic mass is 32.2. The highest BCUT2D eigenvalue weighted by molar-refractivity contribution is 7.91. The standard InChI is InChI=1S/C11H14N4O5S/c12-14-9-2-1-7(5-10(9)15(17)18)11(16)13-8-3-4-21(19,20)6-8/h1-2,5,8,14H,3-4,6,12H2,(H,13,16). The Labute approximate surface area is 120 Å². The molecule has 1 aliphatic rings. The lowest BCUT2D eigenvalue weighted by atomic mass is 10.1. The fourth-order valence-electron chi connectivity index (χ4n) is 2.12. The summed E-state index contributed by atoms with van der Waals surface area (Å²) >= 11 is 0. The van der Waals surface area contributed by atoms with E-state index >= 15 is 0 Å². The number of hydrogen-bond acceptors (Lipinski definition) is 7. The molecule has 0 saturated carbocycles. The monoisotopic (exact) mass is 314 g/mol. The van der Waals surface area contributed by atoms with Crippen molar-refractivity contribution in [2.45, 2.75) is 12.5 Å². The lowest BCUT2D eigenvalue weighted by Gasteiger charge is -2.11. The molecule has 21 heavy (non-hydrogen) atoms. The fraction of sp³-hybridized carbons (Fsp3) is 0.364. The van der Waals surface area contributed by atoms with Crippen LogP contribution in [0.4, 0.5) is 11.4 Å². The smallest absolute Gasteiger partial charge is 0.294 e. The van der Waals surface area contributed by atoms with Crippen LogP contribution in [0.1, 0.15) is 16.8 Å². The number of nitrogens with zero attached hydrogens (tertiary/aromatic N) is 1. The van der Waals surface area contributed by atoms with E-state index in [1.165, 1.54) is 12.1 Å². The summed E-state index contributed by atoms with van der Waals surface area (Å²) in [5, 5.41) is 13.4. The van der Waals surface area contributed by atoms with Crippen molar-refractivity contribution in [1.82, 2.24) is 5.32 Å². The number of carbonyl (C=O) groups excluding carboxylic acids is 1. The molecule has 1 aromatic carbocycles. The highest BCUT2D eigenvalue weighted by Gasteiger charge is 2.29. The molecule has 4 N–H and O–H groups in total. The Bertz CT molecular complexity index is 688. The maximum Gasteiger partial charge on any atom is 0.294 e. The Morgan fingerprint density at radius 2 is 2.14 bits per heavy atom. The van der Waals surface area contributed by atoms with E-state index in [0.29, 0.717) is 6.42 Å². The van der Waals surface area contributed by atoms with E-state index < -0.39 is 26.7 Å². The average molecular weight is 314 g/mol. The second-order valence-electron chi connectivity index (χ2n) is 4.71. The van der Waals surface area contributed by atoms with Gasteiger partial charge in [-0.3, -0.25) is 20.8 Å². The molecule has 0 spiro atoms. The molecule has 0 radical (unpaired) electrons. The number of anilines is 1. The number of rotatable bonds is 4. The number of nitrogens with two attached hydrogens (primary N) is 1. The third-order valence-corrected chi connectivity index (χ3v) is 4.95. The second-order valence-corrected chi connectivity index (χ2v) is 6.94. The van der Waals surface area contributed by atoms with E-state index in [0.717, 1.165) is 6.07 Å². The molecule has 1 aliphatic heterocycles. The topological polar surface area (TPSA) is 144 Å². The quantitative estimate of drug-likeness (QED) is 0.396. The number of amides is 1. The van der Waals surface area contributed by atoms with E-state index in [-0.39, 0.29) is 28.4 Å². The minimum atomic E-state index is -3.11. The summed E-state index contributed by atoms with van der Waals surface area (Å²) < 4.78 is 22.6. The molecule has 114 valence electrons. The summed E-state index contributed by atoms with van der Waals surface area (Å²) in [7, 11) is -3.11. The van der Waals surface area contributed by atoms with Gasteiger partial charge in [0.05, 0.1) is 16.4 Å². The number of hydrazine groups is 1. The molecular weight excluding hydrogens is 300 g/mol. The zero-order valence-corrected chi connectivity index (χ0v) is 11.7. The molecule has 1 amide bonds. The first kappa shape index (κ1) is 15.2. The molecule has 1 saturated heterocycles. The van der Waals surface area contributed by atoms with Gasteiger partial charge in [-0.2, -0.15) is 0 Å². The van der Waals surface area contributed by atoms with Gasteiger partial charge >= 0.3 is 0 Å². The van der Waals surface area contributed by atoms with Crippen molar-refractivity contribution in [2.75, 3.05) is 16.9 Å². The van der Waals surface area contributed by atoms with Crippen molar-refractivity contribution in [3.8, 4) is 0 Å². The van der Waals surface area contributed by atoms with Crippen LogP contribution in [-0.2, 0) is 9.84 Å². The molecule has 9 nitrogen and oxygen atoms in total. The minimum absolute atomic E-state index is 0.0358. The van der Waals surface area contributed by atoms with E-state index in [2.05, 4.69) is 10.7 Å². The Morgan fingerprint density at radius 3 is 2.67 bits per heavy atom. The number of nitrogen functional groups attached to an aromatic ring is 1. The summed E-state index contributed by atoms with van der Waals surface area (Å²) in [5.41, 5.74) is 2.00. The number of nitro groups is 1. The predicted molar refractivity (Wildman–Crippen MR) is 75.4 cm³/mol. The number of nitro benzene ring substituents is 1. The molecular formula is C11H14N4O5S. The Balaban J connectivity index is 2.16. The van der Waals surface area contributed by atoms with Gasteiger partial charge in [0, 0.05) is 17.7 Å². The van der Waals surface area contributed by atoms with Gasteiger partial charge in [0.25, 0.3) is 11.6 Å². The molecule has 1 atom stereocenters. The van der Waals surface area contributed by atoms with Crippen LogP contribution in [0.25, 0.3) is 0 Å². The molecule has 1 heterocycles. The van der Waals surface area contributed by atoms with E-state index in [4.69, 9.17) is 5.84 Å². The summed E-state index contributed by atoms with van der Waals surface area (Å²) in [6, 6.07) is 3.32. The maximum absolute atomic E-state index is 12.0. The Hall–Kier alpha value is -2.20. The van der Waals surface area contributed by atoms with Crippen LogP contribution in [0.3, 0.4) is 0 Å². The van der Waals surface area contributed by atoms with Gasteiger partial charge in [0.1, 0.15) is 5.69 Å². The van der Waals surface area contributed by atoms with E-state index in [1.54, 1.807) is 0 Å². The molecule has 0 bridgehead atoms. The summed E-state index contributed by atoms with van der Waals surface area (Å²) in [6.07, 6.45) is 0.346. The first-order chi connectivity index (χ1) is 9.82. The van der Waals surface area contributed by atoms with Crippen molar-refractivity contribution in [2.24, 2.45) is 5.84 Å². The average Bonchev–Trinajstić information content (AvgIpc) is 2.76. The molecule has 1 unspecified atom stereocenters. The van der Waals surface area contributed by atoms with Crippen LogP contribution in [-0.4, -0.2) is 36.8 Å². The second kappa shape index (κ2) is 5.66. The third-order valence-electron chi connectivity index (χ3n) is 3.18. The maximum atomic E-state index is 12.0. The number of nitrogens with one attached hydrogen (secondary N) is 2. The summed E-state index contributed by atoms with van der Waals surface area (Å²) in [6.45, 7) is 0. The molecule has 1 aromatic rings. The zero-order chi connectivity index (χ0) is 15.6. The van der Waals surface area contributed by atoms with E-state index in [9.17, 15) is 23.3 Å². The van der Waals surface area contributed by atoms with Crippen LogP contribution < -0.4 is 16.6 Å². The lowest BCUT2D eigenvalue weighted by Crippen LogP contribution is -2.35. The van der Waals surface area contributed by atoms with E-state index in [1.807, 2.05) is 0 Å². The molecule has 10 heteroatoms. The van der Waals surface area contributed by atoms with Crippen molar-refractivity contribution in [1.29, 1.82) is 0 Å². The van der Waals surface area contributed by atoms with Crippen LogP contribution in [0, 0.1) is 10.1 Å². The van der Waals surface area contributed by atoms with Gasteiger partial charge in [-0.1, -0.05) is 0 Å². The normalized spacial score (nSPS) is 20.0. The largest absolute Gasteiger partial charge is 0.348 e. The van der Waals surface area contributed by atoms with Gasteiger partial charge in [0.15, 0.2) is 9.84 Å². The Morgan fingerprint density at radius 1 is 1.43 bits per heavy atom. The lowest BCUT2D eigenvalue weighted by molar-refractivity contribution is -0.384. The Kier molecular flexibility index (Phi) is 4.09. The molecule has 1 fully saturated rings. The minimum Gasteiger partial charge on any atom is -0.348 e. The van der Waals surface area contributed by atoms with Crippen LogP contribution in [0.15, 0.2) is 18.2 Å². The number of hydrogen-bond donors (Lipinski definition) is 3. The number of sulfone groups is 1. The fourth-order valence-corrected chi connectivity index (χ4v) is 3.80. The van der Waals surface area contributed by atoms with Crippen LogP contribution in [0.5, 0.6) is 0 Å².